The molecule has 21 heavy (non-hydrogen) atoms. The van der Waals surface area contributed by atoms with Gasteiger partial charge in [-0.15, -0.1) is 0 Å². The number of carbonyl (C=O) groups is 1. The first-order valence-electron chi connectivity index (χ1n) is 6.86. The Morgan fingerprint density at radius 2 is 1.57 bits per heavy atom. The average molecular weight is 284 g/mol. The first kappa shape index (κ1) is 14.9. The van der Waals surface area contributed by atoms with E-state index in [0.717, 1.165) is 17.1 Å². The maximum atomic E-state index is 12.1. The molecule has 0 unspecified atom stereocenters. The molecular weight excluding hydrogens is 264 g/mol. The molecule has 0 spiro atoms. The first-order valence-corrected chi connectivity index (χ1v) is 6.86. The lowest BCUT2D eigenvalue weighted by atomic mass is 10.2. The van der Waals surface area contributed by atoms with E-state index in [1.165, 1.54) is 5.56 Å². The fourth-order valence-corrected chi connectivity index (χ4v) is 1.89. The monoisotopic (exact) mass is 284 g/mol. The second-order valence-corrected chi connectivity index (χ2v) is 4.95. The number of carbonyl (C=O) groups excluding carboxylic acids is 1. The SMILES string of the molecule is COc1ccc(NC(=O)[C@H](C)Nc2ccc(C)cc2)cc1. The molecule has 0 aliphatic heterocycles. The predicted octanol–water partition coefficient (Wildman–Crippen LogP) is 3.44. The maximum Gasteiger partial charge on any atom is 0.246 e. The van der Waals surface area contributed by atoms with Crippen LogP contribution in [0, 0.1) is 6.92 Å². The highest BCUT2D eigenvalue weighted by Crippen LogP contribution is 2.16. The molecule has 0 aromatic heterocycles. The summed E-state index contributed by atoms with van der Waals surface area (Å²) in [4.78, 5) is 12.1. The van der Waals surface area contributed by atoms with E-state index in [4.69, 9.17) is 4.74 Å². The largest absolute Gasteiger partial charge is 0.497 e. The standard InChI is InChI=1S/C17H20N2O2/c1-12-4-6-14(7-5-12)18-13(2)17(20)19-15-8-10-16(21-3)11-9-15/h4-11,13,18H,1-3H3,(H,19,20)/t13-/m0/s1. The Kier molecular flexibility index (Phi) is 4.82. The third-order valence-electron chi connectivity index (χ3n) is 3.19. The second-order valence-electron chi connectivity index (χ2n) is 4.95. The van der Waals surface area contributed by atoms with E-state index in [-0.39, 0.29) is 11.9 Å². The summed E-state index contributed by atoms with van der Waals surface area (Å²) in [5, 5.41) is 6.04. The van der Waals surface area contributed by atoms with Crippen LogP contribution in [-0.4, -0.2) is 19.1 Å². The zero-order valence-corrected chi connectivity index (χ0v) is 12.5. The summed E-state index contributed by atoms with van der Waals surface area (Å²) in [5.41, 5.74) is 2.87. The van der Waals surface area contributed by atoms with E-state index >= 15 is 0 Å². The van der Waals surface area contributed by atoms with Gasteiger partial charge in [-0.25, -0.2) is 0 Å². The van der Waals surface area contributed by atoms with Crippen LogP contribution < -0.4 is 15.4 Å². The van der Waals surface area contributed by atoms with Gasteiger partial charge in [-0.3, -0.25) is 4.79 Å². The van der Waals surface area contributed by atoms with Gasteiger partial charge in [0.25, 0.3) is 0 Å². The topological polar surface area (TPSA) is 50.4 Å². The van der Waals surface area contributed by atoms with Crippen molar-refractivity contribution >= 4 is 17.3 Å². The predicted molar refractivity (Wildman–Crippen MR) is 85.9 cm³/mol. The summed E-state index contributed by atoms with van der Waals surface area (Å²) in [6, 6.07) is 14.9. The number of benzene rings is 2. The van der Waals surface area contributed by atoms with Crippen LogP contribution >= 0.6 is 0 Å². The van der Waals surface area contributed by atoms with Gasteiger partial charge in [0.2, 0.25) is 5.91 Å². The van der Waals surface area contributed by atoms with E-state index in [2.05, 4.69) is 10.6 Å². The Hall–Kier alpha value is -2.49. The van der Waals surface area contributed by atoms with Gasteiger partial charge in [-0.05, 0) is 50.2 Å². The van der Waals surface area contributed by atoms with Gasteiger partial charge in [0, 0.05) is 11.4 Å². The van der Waals surface area contributed by atoms with E-state index in [9.17, 15) is 4.79 Å². The van der Waals surface area contributed by atoms with Crippen molar-refractivity contribution in [3.8, 4) is 5.75 Å². The smallest absolute Gasteiger partial charge is 0.246 e. The molecule has 1 atom stereocenters. The number of rotatable bonds is 5. The van der Waals surface area contributed by atoms with Crippen LogP contribution in [-0.2, 0) is 4.79 Å². The number of methoxy groups -OCH3 is 1. The quantitative estimate of drug-likeness (QED) is 0.884. The van der Waals surface area contributed by atoms with Gasteiger partial charge in [0.15, 0.2) is 0 Å². The lowest BCUT2D eigenvalue weighted by Gasteiger charge is -2.15. The lowest BCUT2D eigenvalue weighted by molar-refractivity contribution is -0.116. The van der Waals surface area contributed by atoms with Crippen molar-refractivity contribution < 1.29 is 9.53 Å². The van der Waals surface area contributed by atoms with Crippen molar-refractivity contribution in [2.24, 2.45) is 0 Å². The number of amides is 1. The molecule has 0 radical (unpaired) electrons. The van der Waals surface area contributed by atoms with Crippen molar-refractivity contribution in [2.75, 3.05) is 17.7 Å². The molecule has 2 aromatic rings. The molecule has 1 amide bonds. The highest BCUT2D eigenvalue weighted by molar-refractivity contribution is 5.96. The normalized spacial score (nSPS) is 11.6. The van der Waals surface area contributed by atoms with Crippen LogP contribution in [0.5, 0.6) is 5.75 Å². The van der Waals surface area contributed by atoms with Crippen molar-refractivity contribution in [2.45, 2.75) is 19.9 Å². The zero-order chi connectivity index (χ0) is 15.2. The molecule has 2 rings (SSSR count). The van der Waals surface area contributed by atoms with Crippen molar-refractivity contribution in [1.82, 2.24) is 0 Å². The third kappa shape index (κ3) is 4.24. The molecule has 0 fully saturated rings. The molecule has 4 heteroatoms. The van der Waals surface area contributed by atoms with Gasteiger partial charge in [0.05, 0.1) is 7.11 Å². The molecule has 2 aromatic carbocycles. The van der Waals surface area contributed by atoms with E-state index in [1.54, 1.807) is 7.11 Å². The minimum atomic E-state index is -0.324. The molecular formula is C17H20N2O2. The number of nitrogens with one attached hydrogen (secondary N) is 2. The summed E-state index contributed by atoms with van der Waals surface area (Å²) < 4.78 is 5.09. The van der Waals surface area contributed by atoms with Gasteiger partial charge >= 0.3 is 0 Å². The maximum absolute atomic E-state index is 12.1. The van der Waals surface area contributed by atoms with Gasteiger partial charge < -0.3 is 15.4 Å². The highest BCUT2D eigenvalue weighted by Gasteiger charge is 2.12. The number of ether oxygens (including phenoxy) is 1. The fraction of sp³-hybridized carbons (Fsp3) is 0.235. The Morgan fingerprint density at radius 1 is 1.00 bits per heavy atom. The van der Waals surface area contributed by atoms with Crippen molar-refractivity contribution in [3.05, 3.63) is 54.1 Å². The Balaban J connectivity index is 1.93. The number of hydrogen-bond donors (Lipinski definition) is 2. The molecule has 0 heterocycles. The van der Waals surface area contributed by atoms with Crippen molar-refractivity contribution in [3.63, 3.8) is 0 Å². The fourth-order valence-electron chi connectivity index (χ4n) is 1.89. The summed E-state index contributed by atoms with van der Waals surface area (Å²) >= 11 is 0. The van der Waals surface area contributed by atoms with Crippen LogP contribution in [0.3, 0.4) is 0 Å². The molecule has 4 nitrogen and oxygen atoms in total. The van der Waals surface area contributed by atoms with E-state index in [1.807, 2.05) is 62.4 Å². The van der Waals surface area contributed by atoms with Gasteiger partial charge in [-0.2, -0.15) is 0 Å². The van der Waals surface area contributed by atoms with Crippen LogP contribution in [0.2, 0.25) is 0 Å². The minimum absolute atomic E-state index is 0.0826. The minimum Gasteiger partial charge on any atom is -0.497 e. The summed E-state index contributed by atoms with van der Waals surface area (Å²) in [7, 11) is 1.61. The van der Waals surface area contributed by atoms with E-state index < -0.39 is 0 Å². The molecule has 0 bridgehead atoms. The Bertz CT molecular complexity index is 591. The number of anilines is 2. The lowest BCUT2D eigenvalue weighted by Crippen LogP contribution is -2.31. The van der Waals surface area contributed by atoms with Gasteiger partial charge in [-0.1, -0.05) is 17.7 Å². The van der Waals surface area contributed by atoms with Crippen molar-refractivity contribution in [1.29, 1.82) is 0 Å². The van der Waals surface area contributed by atoms with Gasteiger partial charge in [0.1, 0.15) is 11.8 Å². The Labute approximate surface area is 125 Å². The zero-order valence-electron chi connectivity index (χ0n) is 12.5. The van der Waals surface area contributed by atoms with Crippen LogP contribution in [0.25, 0.3) is 0 Å². The summed E-state index contributed by atoms with van der Waals surface area (Å²) in [6.45, 7) is 3.86. The molecule has 2 N–H and O–H groups in total. The van der Waals surface area contributed by atoms with Crippen LogP contribution in [0.15, 0.2) is 48.5 Å². The molecule has 0 saturated carbocycles. The average Bonchev–Trinajstić information content (AvgIpc) is 2.50. The third-order valence-corrected chi connectivity index (χ3v) is 3.19. The summed E-state index contributed by atoms with van der Waals surface area (Å²) in [5.74, 6) is 0.680. The number of aryl methyl sites for hydroxylation is 1. The number of hydrogen-bond acceptors (Lipinski definition) is 3. The van der Waals surface area contributed by atoms with Crippen LogP contribution in [0.4, 0.5) is 11.4 Å². The Morgan fingerprint density at radius 3 is 2.14 bits per heavy atom. The summed E-state index contributed by atoms with van der Waals surface area (Å²) in [6.07, 6.45) is 0. The molecule has 0 saturated heterocycles. The van der Waals surface area contributed by atoms with E-state index in [0.29, 0.717) is 0 Å². The second kappa shape index (κ2) is 6.79. The van der Waals surface area contributed by atoms with Crippen LogP contribution in [0.1, 0.15) is 12.5 Å². The molecule has 110 valence electrons. The molecule has 0 aliphatic rings. The molecule has 0 aliphatic carbocycles. The first-order chi connectivity index (χ1) is 10.1. The highest BCUT2D eigenvalue weighted by atomic mass is 16.5.